The average molecular weight is 367 g/mol. The maximum absolute atomic E-state index is 5.95. The maximum Gasteiger partial charge on any atom is 0.162 e. The Hall–Kier alpha value is -3.53. The van der Waals surface area contributed by atoms with Gasteiger partial charge in [0.05, 0.1) is 0 Å². The van der Waals surface area contributed by atoms with Gasteiger partial charge in [-0.05, 0) is 53.3 Å². The molecule has 4 heteroatoms. The summed E-state index contributed by atoms with van der Waals surface area (Å²) in [6, 6.07) is 18.7. The first-order chi connectivity index (χ1) is 13.8. The van der Waals surface area contributed by atoms with E-state index in [1.807, 2.05) is 36.7 Å². The van der Waals surface area contributed by atoms with E-state index in [2.05, 4.69) is 35.3 Å². The van der Waals surface area contributed by atoms with Crippen LogP contribution in [0.2, 0.25) is 0 Å². The fraction of sp³-hybridized carbons (Fsp3) is 0.125. The average Bonchev–Trinajstić information content (AvgIpc) is 3.11. The van der Waals surface area contributed by atoms with E-state index >= 15 is 0 Å². The smallest absolute Gasteiger partial charge is 0.162 e. The highest BCUT2D eigenvalue weighted by Crippen LogP contribution is 2.36. The molecule has 1 aliphatic heterocycles. The Morgan fingerprint density at radius 2 is 1.57 bits per heavy atom. The Morgan fingerprint density at radius 3 is 2.50 bits per heavy atom. The number of hydrogen-bond acceptors (Lipinski definition) is 4. The third kappa shape index (κ3) is 2.42. The second kappa shape index (κ2) is 5.99. The molecular weight excluding hydrogens is 350 g/mol. The lowest BCUT2D eigenvalue weighted by atomic mass is 9.99. The van der Waals surface area contributed by atoms with Gasteiger partial charge in [-0.1, -0.05) is 24.3 Å². The topological polar surface area (TPSA) is 44.5 Å². The fourth-order valence-electron chi connectivity index (χ4n) is 4.01. The molecule has 0 fully saturated rings. The maximum atomic E-state index is 5.95. The van der Waals surface area contributed by atoms with Gasteiger partial charge in [0.25, 0.3) is 0 Å². The van der Waals surface area contributed by atoms with Gasteiger partial charge in [-0.3, -0.25) is 4.98 Å². The van der Waals surface area contributed by atoms with Crippen LogP contribution < -0.4 is 9.47 Å². The number of fused-ring (bicyclic) bond motifs is 5. The molecule has 0 aliphatic carbocycles. The standard InChI is InChI=1S/C24H17NO3/c1-2-4-21-18(3-1)20-10-15(5-6-22(20)28-21)9-16-13-25-14-17-11-23-24(12-19(16)17)27-8-7-26-23/h1-6,10-14H,7-9H2. The number of benzene rings is 3. The molecule has 0 atom stereocenters. The zero-order valence-electron chi connectivity index (χ0n) is 15.1. The molecule has 4 nitrogen and oxygen atoms in total. The summed E-state index contributed by atoms with van der Waals surface area (Å²) in [5.74, 6) is 1.60. The van der Waals surface area contributed by atoms with Gasteiger partial charge in [0.2, 0.25) is 0 Å². The molecule has 0 N–H and O–H groups in total. The van der Waals surface area contributed by atoms with Crippen LogP contribution in [0.1, 0.15) is 11.1 Å². The largest absolute Gasteiger partial charge is 0.486 e. The van der Waals surface area contributed by atoms with Crippen molar-refractivity contribution in [2.75, 3.05) is 13.2 Å². The van der Waals surface area contributed by atoms with Crippen molar-refractivity contribution in [2.24, 2.45) is 0 Å². The van der Waals surface area contributed by atoms with Gasteiger partial charge < -0.3 is 13.9 Å². The molecule has 0 saturated carbocycles. The molecule has 3 aromatic carbocycles. The van der Waals surface area contributed by atoms with Crippen LogP contribution in [0, 0.1) is 0 Å². The molecule has 5 aromatic rings. The van der Waals surface area contributed by atoms with E-state index in [0.717, 1.165) is 50.6 Å². The quantitative estimate of drug-likeness (QED) is 0.413. The molecular formula is C24H17NO3. The van der Waals surface area contributed by atoms with Gasteiger partial charge in [-0.15, -0.1) is 0 Å². The highest BCUT2D eigenvalue weighted by molar-refractivity contribution is 6.05. The van der Waals surface area contributed by atoms with E-state index in [-0.39, 0.29) is 0 Å². The lowest BCUT2D eigenvalue weighted by Gasteiger charge is -2.19. The molecule has 1 aliphatic rings. The van der Waals surface area contributed by atoms with Gasteiger partial charge in [-0.2, -0.15) is 0 Å². The van der Waals surface area contributed by atoms with Crippen LogP contribution in [-0.2, 0) is 6.42 Å². The molecule has 28 heavy (non-hydrogen) atoms. The van der Waals surface area contributed by atoms with Crippen LogP contribution in [0.3, 0.4) is 0 Å². The zero-order chi connectivity index (χ0) is 18.5. The Kier molecular flexibility index (Phi) is 3.32. The number of furan rings is 1. The van der Waals surface area contributed by atoms with Crippen molar-refractivity contribution in [3.8, 4) is 11.5 Å². The highest BCUT2D eigenvalue weighted by Gasteiger charge is 2.15. The Labute approximate surface area is 161 Å². The van der Waals surface area contributed by atoms with Crippen LogP contribution in [0.4, 0.5) is 0 Å². The monoisotopic (exact) mass is 367 g/mol. The van der Waals surface area contributed by atoms with E-state index in [1.54, 1.807) is 0 Å². The van der Waals surface area contributed by atoms with Gasteiger partial charge in [-0.25, -0.2) is 0 Å². The Bertz CT molecular complexity index is 1350. The van der Waals surface area contributed by atoms with Gasteiger partial charge in [0.15, 0.2) is 11.5 Å². The molecule has 3 heterocycles. The predicted octanol–water partition coefficient (Wildman–Crippen LogP) is 5.50. The van der Waals surface area contributed by atoms with Crippen LogP contribution >= 0.6 is 0 Å². The first kappa shape index (κ1) is 15.5. The van der Waals surface area contributed by atoms with E-state index in [9.17, 15) is 0 Å². The third-order valence-electron chi connectivity index (χ3n) is 5.34. The first-order valence-corrected chi connectivity index (χ1v) is 9.41. The minimum atomic E-state index is 0.586. The minimum absolute atomic E-state index is 0.586. The normalized spacial score (nSPS) is 13.4. The van der Waals surface area contributed by atoms with Gasteiger partial charge in [0, 0.05) is 28.6 Å². The lowest BCUT2D eigenvalue weighted by Crippen LogP contribution is -2.15. The Balaban J connectivity index is 1.46. The number of ether oxygens (including phenoxy) is 2. The summed E-state index contributed by atoms with van der Waals surface area (Å²) in [7, 11) is 0. The summed E-state index contributed by atoms with van der Waals surface area (Å²) < 4.78 is 17.4. The number of aromatic nitrogens is 1. The van der Waals surface area contributed by atoms with Crippen molar-refractivity contribution in [3.05, 3.63) is 78.1 Å². The van der Waals surface area contributed by atoms with Crippen molar-refractivity contribution in [2.45, 2.75) is 6.42 Å². The van der Waals surface area contributed by atoms with E-state index in [1.165, 1.54) is 11.1 Å². The van der Waals surface area contributed by atoms with E-state index < -0.39 is 0 Å². The summed E-state index contributed by atoms with van der Waals surface area (Å²) in [6.07, 6.45) is 4.61. The number of pyridine rings is 1. The molecule has 6 rings (SSSR count). The first-order valence-electron chi connectivity index (χ1n) is 9.41. The van der Waals surface area contributed by atoms with Gasteiger partial charge >= 0.3 is 0 Å². The summed E-state index contributed by atoms with van der Waals surface area (Å²) in [5.41, 5.74) is 4.23. The van der Waals surface area contributed by atoms with Crippen molar-refractivity contribution < 1.29 is 13.9 Å². The number of nitrogens with zero attached hydrogens (tertiary/aromatic N) is 1. The van der Waals surface area contributed by atoms with Crippen molar-refractivity contribution in [1.29, 1.82) is 0 Å². The van der Waals surface area contributed by atoms with Crippen LogP contribution in [0.15, 0.2) is 71.4 Å². The number of rotatable bonds is 2. The molecule has 0 spiro atoms. The van der Waals surface area contributed by atoms with E-state index in [4.69, 9.17) is 13.9 Å². The molecule has 0 saturated heterocycles. The van der Waals surface area contributed by atoms with Crippen molar-refractivity contribution >= 4 is 32.7 Å². The van der Waals surface area contributed by atoms with E-state index in [0.29, 0.717) is 13.2 Å². The molecule has 0 radical (unpaired) electrons. The minimum Gasteiger partial charge on any atom is -0.486 e. The SMILES string of the molecule is c1ccc2c(c1)oc1ccc(Cc3cncc4cc5c(cc34)OCCO5)cc12. The predicted molar refractivity (Wildman–Crippen MR) is 109 cm³/mol. The summed E-state index contributed by atoms with van der Waals surface area (Å²) in [4.78, 5) is 4.45. The second-order valence-electron chi connectivity index (χ2n) is 7.12. The molecule has 0 bridgehead atoms. The van der Waals surface area contributed by atoms with Crippen molar-refractivity contribution in [1.82, 2.24) is 4.98 Å². The summed E-state index contributed by atoms with van der Waals surface area (Å²) in [6.45, 7) is 1.17. The molecule has 0 unspecified atom stereocenters. The lowest BCUT2D eigenvalue weighted by molar-refractivity contribution is 0.172. The van der Waals surface area contributed by atoms with Crippen LogP contribution in [0.5, 0.6) is 11.5 Å². The Morgan fingerprint density at radius 1 is 0.750 bits per heavy atom. The molecule has 136 valence electrons. The highest BCUT2D eigenvalue weighted by atomic mass is 16.6. The molecule has 0 amide bonds. The second-order valence-corrected chi connectivity index (χ2v) is 7.12. The third-order valence-corrected chi connectivity index (χ3v) is 5.34. The molecule has 2 aromatic heterocycles. The van der Waals surface area contributed by atoms with Crippen molar-refractivity contribution in [3.63, 3.8) is 0 Å². The summed E-state index contributed by atoms with van der Waals surface area (Å²) in [5, 5.41) is 4.51. The summed E-state index contributed by atoms with van der Waals surface area (Å²) >= 11 is 0. The fourth-order valence-corrected chi connectivity index (χ4v) is 4.01. The zero-order valence-corrected chi connectivity index (χ0v) is 15.1. The van der Waals surface area contributed by atoms with Gasteiger partial charge in [0.1, 0.15) is 24.4 Å². The number of para-hydroxylation sites is 1. The number of hydrogen-bond donors (Lipinski definition) is 0. The van der Waals surface area contributed by atoms with Crippen LogP contribution in [-0.4, -0.2) is 18.2 Å². The van der Waals surface area contributed by atoms with Crippen LogP contribution in [0.25, 0.3) is 32.7 Å².